The van der Waals surface area contributed by atoms with Crippen LogP contribution in [-0.4, -0.2) is 24.8 Å². The quantitative estimate of drug-likeness (QED) is 0.633. The number of rotatable bonds is 1. The maximum atomic E-state index is 13.3. The van der Waals surface area contributed by atoms with E-state index in [-0.39, 0.29) is 19.5 Å². The predicted octanol–water partition coefficient (Wildman–Crippen LogP) is 1.37. The van der Waals surface area contributed by atoms with E-state index in [4.69, 9.17) is 0 Å². The van der Waals surface area contributed by atoms with E-state index in [2.05, 4.69) is 10.1 Å². The summed E-state index contributed by atoms with van der Waals surface area (Å²) in [5, 5.41) is 2.64. The highest BCUT2D eigenvalue weighted by Crippen LogP contribution is 2.28. The second kappa shape index (κ2) is 2.68. The molecule has 2 atom stereocenters. The van der Waals surface area contributed by atoms with Crippen LogP contribution in [0.25, 0.3) is 0 Å². The third-order valence-corrected chi connectivity index (χ3v) is 1.75. The standard InChI is InChI=1S/C7H13F2NO/c1-3-7(9)5-10-4-6(2,8)11-7/h10H,3-5H2,1-2H3. The van der Waals surface area contributed by atoms with Crippen molar-refractivity contribution in [1.82, 2.24) is 5.32 Å². The molecule has 0 aliphatic carbocycles. The lowest BCUT2D eigenvalue weighted by Crippen LogP contribution is -2.55. The molecule has 1 fully saturated rings. The van der Waals surface area contributed by atoms with Gasteiger partial charge < -0.3 is 10.1 Å². The fraction of sp³-hybridized carbons (Fsp3) is 1.00. The summed E-state index contributed by atoms with van der Waals surface area (Å²) in [5.41, 5.74) is 0. The smallest absolute Gasteiger partial charge is 0.224 e. The molecule has 2 unspecified atom stereocenters. The maximum Gasteiger partial charge on any atom is 0.224 e. The van der Waals surface area contributed by atoms with Crippen molar-refractivity contribution in [2.75, 3.05) is 13.1 Å². The first-order valence-corrected chi connectivity index (χ1v) is 3.76. The molecule has 1 heterocycles. The van der Waals surface area contributed by atoms with Crippen LogP contribution in [0.2, 0.25) is 0 Å². The van der Waals surface area contributed by atoms with Crippen molar-refractivity contribution in [2.24, 2.45) is 0 Å². The predicted molar refractivity (Wildman–Crippen MR) is 37.6 cm³/mol. The van der Waals surface area contributed by atoms with E-state index in [0.29, 0.717) is 0 Å². The average Bonchev–Trinajstić information content (AvgIpc) is 1.85. The molecule has 0 amide bonds. The zero-order valence-electron chi connectivity index (χ0n) is 6.79. The van der Waals surface area contributed by atoms with Gasteiger partial charge in [0.1, 0.15) is 0 Å². The molecule has 0 aromatic carbocycles. The lowest BCUT2D eigenvalue weighted by molar-refractivity contribution is -0.282. The van der Waals surface area contributed by atoms with Gasteiger partial charge in [-0.15, -0.1) is 0 Å². The molecule has 1 aliphatic rings. The molecule has 1 saturated heterocycles. The van der Waals surface area contributed by atoms with Crippen LogP contribution >= 0.6 is 0 Å². The molecular weight excluding hydrogens is 152 g/mol. The first-order valence-electron chi connectivity index (χ1n) is 3.76. The minimum absolute atomic E-state index is 0.0542. The van der Waals surface area contributed by atoms with E-state index < -0.39 is 11.7 Å². The zero-order chi connectivity index (χ0) is 8.54. The summed E-state index contributed by atoms with van der Waals surface area (Å²) >= 11 is 0. The second-order valence-electron chi connectivity index (χ2n) is 3.04. The summed E-state index contributed by atoms with van der Waals surface area (Å²) in [4.78, 5) is 0. The van der Waals surface area contributed by atoms with Crippen molar-refractivity contribution < 1.29 is 13.5 Å². The van der Waals surface area contributed by atoms with E-state index in [1.807, 2.05) is 0 Å². The number of halogens is 2. The Kier molecular flexibility index (Phi) is 2.16. The average molecular weight is 165 g/mol. The Morgan fingerprint density at radius 2 is 2.09 bits per heavy atom. The lowest BCUT2D eigenvalue weighted by Gasteiger charge is -2.37. The fourth-order valence-electron chi connectivity index (χ4n) is 1.12. The lowest BCUT2D eigenvalue weighted by atomic mass is 10.1. The second-order valence-corrected chi connectivity index (χ2v) is 3.04. The van der Waals surface area contributed by atoms with Crippen LogP contribution in [0.4, 0.5) is 8.78 Å². The number of ether oxygens (including phenoxy) is 1. The Hall–Kier alpha value is -0.220. The molecule has 0 radical (unpaired) electrons. The van der Waals surface area contributed by atoms with Crippen LogP contribution in [0.5, 0.6) is 0 Å². The number of nitrogens with one attached hydrogen (secondary N) is 1. The molecule has 4 heteroatoms. The highest BCUT2D eigenvalue weighted by molar-refractivity contribution is 4.81. The Morgan fingerprint density at radius 3 is 2.45 bits per heavy atom. The van der Waals surface area contributed by atoms with Gasteiger partial charge in [0.2, 0.25) is 11.7 Å². The normalized spacial score (nSPS) is 45.8. The van der Waals surface area contributed by atoms with Crippen molar-refractivity contribution >= 4 is 0 Å². The van der Waals surface area contributed by atoms with Gasteiger partial charge in [0.15, 0.2) is 0 Å². The van der Waals surface area contributed by atoms with Gasteiger partial charge in [0, 0.05) is 6.42 Å². The van der Waals surface area contributed by atoms with E-state index in [1.165, 1.54) is 6.92 Å². The summed E-state index contributed by atoms with van der Waals surface area (Å²) in [6.45, 7) is 2.98. The number of hydrogen-bond acceptors (Lipinski definition) is 2. The highest BCUT2D eigenvalue weighted by Gasteiger charge is 2.42. The van der Waals surface area contributed by atoms with Gasteiger partial charge in [-0.3, -0.25) is 0 Å². The summed E-state index contributed by atoms with van der Waals surface area (Å²) in [5.74, 6) is -3.70. The van der Waals surface area contributed by atoms with E-state index in [1.54, 1.807) is 6.92 Å². The largest absolute Gasteiger partial charge is 0.306 e. The SMILES string of the molecule is CCC1(F)CNCC(C)(F)O1. The van der Waals surface area contributed by atoms with Gasteiger partial charge in [-0.05, 0) is 6.92 Å². The van der Waals surface area contributed by atoms with Gasteiger partial charge in [0.25, 0.3) is 0 Å². The molecule has 0 aromatic heterocycles. The van der Waals surface area contributed by atoms with Gasteiger partial charge in [-0.1, -0.05) is 6.92 Å². The van der Waals surface area contributed by atoms with Crippen LogP contribution in [0.3, 0.4) is 0 Å². The monoisotopic (exact) mass is 165 g/mol. The highest BCUT2D eigenvalue weighted by atomic mass is 19.2. The van der Waals surface area contributed by atoms with Crippen LogP contribution in [-0.2, 0) is 4.74 Å². The molecule has 1 aliphatic heterocycles. The van der Waals surface area contributed by atoms with Crippen LogP contribution in [0, 0.1) is 0 Å². The number of morpholine rings is 1. The number of alkyl halides is 2. The summed E-state index contributed by atoms with van der Waals surface area (Å²) < 4.78 is 30.9. The topological polar surface area (TPSA) is 21.3 Å². The number of hydrogen-bond donors (Lipinski definition) is 1. The van der Waals surface area contributed by atoms with E-state index in [9.17, 15) is 8.78 Å². The third kappa shape index (κ3) is 2.10. The summed E-state index contributed by atoms with van der Waals surface area (Å²) in [6.07, 6.45) is 0.166. The zero-order valence-corrected chi connectivity index (χ0v) is 6.79. The fourth-order valence-corrected chi connectivity index (χ4v) is 1.12. The van der Waals surface area contributed by atoms with Crippen molar-refractivity contribution in [2.45, 2.75) is 32.0 Å². The maximum absolute atomic E-state index is 13.3. The molecule has 0 saturated carbocycles. The van der Waals surface area contributed by atoms with Gasteiger partial charge >= 0.3 is 0 Å². The summed E-state index contributed by atoms with van der Waals surface area (Å²) in [6, 6.07) is 0. The molecule has 2 nitrogen and oxygen atoms in total. The third-order valence-electron chi connectivity index (χ3n) is 1.75. The minimum Gasteiger partial charge on any atom is -0.306 e. The first kappa shape index (κ1) is 8.87. The molecular formula is C7H13F2NO. The van der Waals surface area contributed by atoms with Gasteiger partial charge in [0.05, 0.1) is 13.1 Å². The molecule has 66 valence electrons. The molecule has 0 spiro atoms. The molecule has 0 aromatic rings. The Labute approximate surface area is 64.9 Å². The molecule has 1 N–H and O–H groups in total. The van der Waals surface area contributed by atoms with Crippen LogP contribution < -0.4 is 5.32 Å². The Morgan fingerprint density at radius 1 is 1.45 bits per heavy atom. The van der Waals surface area contributed by atoms with Crippen LogP contribution in [0.15, 0.2) is 0 Å². The van der Waals surface area contributed by atoms with E-state index in [0.717, 1.165) is 0 Å². The summed E-state index contributed by atoms with van der Waals surface area (Å²) in [7, 11) is 0. The Balaban J connectivity index is 2.59. The van der Waals surface area contributed by atoms with E-state index >= 15 is 0 Å². The minimum atomic E-state index is -1.87. The van der Waals surface area contributed by atoms with Crippen LogP contribution in [0.1, 0.15) is 20.3 Å². The van der Waals surface area contributed by atoms with Crippen molar-refractivity contribution in [1.29, 1.82) is 0 Å². The first-order chi connectivity index (χ1) is 4.97. The van der Waals surface area contributed by atoms with Crippen molar-refractivity contribution in [3.05, 3.63) is 0 Å². The Bertz CT molecular complexity index is 151. The molecule has 0 bridgehead atoms. The molecule has 1 rings (SSSR count). The van der Waals surface area contributed by atoms with Gasteiger partial charge in [-0.25, -0.2) is 8.78 Å². The van der Waals surface area contributed by atoms with Crippen molar-refractivity contribution in [3.8, 4) is 0 Å². The van der Waals surface area contributed by atoms with Gasteiger partial charge in [-0.2, -0.15) is 0 Å². The van der Waals surface area contributed by atoms with Crippen molar-refractivity contribution in [3.63, 3.8) is 0 Å². The molecule has 11 heavy (non-hydrogen) atoms.